The van der Waals surface area contributed by atoms with E-state index >= 15 is 0 Å². The Morgan fingerprint density at radius 2 is 1.33 bits per heavy atom. The highest BCUT2D eigenvalue weighted by atomic mass is 16.6. The maximum absolute atomic E-state index is 13.7. The minimum absolute atomic E-state index is 0.0432. The van der Waals surface area contributed by atoms with Crippen LogP contribution in [-0.2, 0) is 39.9 Å². The van der Waals surface area contributed by atoms with Gasteiger partial charge in [0.2, 0.25) is 5.91 Å². The largest absolute Gasteiger partial charge is 0.379 e. The number of Topliss-reactive ketones (excluding diaryl/α,β-unsaturated/α-hetero) is 2. The van der Waals surface area contributed by atoms with Crippen molar-refractivity contribution in [3.8, 4) is 0 Å². The first-order chi connectivity index (χ1) is 23.3. The molecule has 0 bridgehead atoms. The second kappa shape index (κ2) is 19.5. The van der Waals surface area contributed by atoms with Crippen LogP contribution in [0.5, 0.6) is 0 Å². The zero-order valence-corrected chi connectivity index (χ0v) is 29.0. The van der Waals surface area contributed by atoms with Gasteiger partial charge in [0.15, 0.2) is 0 Å². The number of amides is 1. The summed E-state index contributed by atoms with van der Waals surface area (Å²) in [6.07, 6.45) is 1.74. The van der Waals surface area contributed by atoms with Crippen LogP contribution in [0.15, 0.2) is 58.9 Å². The molecule has 2 aromatic rings. The minimum atomic E-state index is -0.151. The van der Waals surface area contributed by atoms with Crippen molar-refractivity contribution in [3.05, 3.63) is 65.2 Å². The molecule has 2 atom stereocenters. The van der Waals surface area contributed by atoms with Gasteiger partial charge in [0.05, 0.1) is 52.8 Å². The number of rotatable bonds is 21. The Morgan fingerprint density at radius 1 is 0.729 bits per heavy atom. The number of ether oxygens (including phenoxy) is 4. The molecule has 0 saturated heterocycles. The Labute approximate surface area is 284 Å². The van der Waals surface area contributed by atoms with Crippen LogP contribution in [-0.4, -0.2) is 81.4 Å². The Kier molecular flexibility index (Phi) is 15.1. The first kappa shape index (κ1) is 37.3. The van der Waals surface area contributed by atoms with E-state index in [0.717, 1.165) is 22.4 Å². The smallest absolute Gasteiger partial charge is 0.227 e. The molecule has 11 nitrogen and oxygen atoms in total. The molecule has 2 heterocycles. The molecule has 0 spiro atoms. The fourth-order valence-corrected chi connectivity index (χ4v) is 5.88. The standard InChI is InChI=1S/C37H52N4O7/c1-27(2)34(43)17-19-46-21-23-48-25-24-47-22-20-45-18-9-11-30(42)15-16-35(44)40-26-29-10-5-6-12-31(29)36-37(41(28(3)4)39-38-36)32-13-7-8-14-33(32)40/h5-8,10,12-14,27-28,36-37H,9,11,15-26H2,1-4H3. The van der Waals surface area contributed by atoms with Crippen LogP contribution in [0.25, 0.3) is 0 Å². The van der Waals surface area contributed by atoms with E-state index in [1.54, 1.807) is 0 Å². The summed E-state index contributed by atoms with van der Waals surface area (Å²) in [7, 11) is 0. The van der Waals surface area contributed by atoms with Crippen LogP contribution in [0.3, 0.4) is 0 Å². The summed E-state index contributed by atoms with van der Waals surface area (Å²) in [6, 6.07) is 16.0. The van der Waals surface area contributed by atoms with E-state index in [-0.39, 0.29) is 54.4 Å². The van der Waals surface area contributed by atoms with E-state index in [4.69, 9.17) is 18.9 Å². The Bertz CT molecular complexity index is 1360. The fraction of sp³-hybridized carbons (Fsp3) is 0.595. The van der Waals surface area contributed by atoms with Gasteiger partial charge in [-0.2, -0.15) is 5.11 Å². The lowest BCUT2D eigenvalue weighted by Crippen LogP contribution is -2.37. The van der Waals surface area contributed by atoms with Gasteiger partial charge >= 0.3 is 0 Å². The molecule has 48 heavy (non-hydrogen) atoms. The van der Waals surface area contributed by atoms with Crippen molar-refractivity contribution in [2.45, 2.75) is 84.5 Å². The Hall–Kier alpha value is -3.51. The van der Waals surface area contributed by atoms with Crippen molar-refractivity contribution in [1.82, 2.24) is 5.01 Å². The molecule has 2 aromatic carbocycles. The minimum Gasteiger partial charge on any atom is -0.379 e. The van der Waals surface area contributed by atoms with E-state index in [9.17, 15) is 14.4 Å². The van der Waals surface area contributed by atoms with Crippen LogP contribution >= 0.6 is 0 Å². The molecule has 2 aliphatic heterocycles. The fourth-order valence-electron chi connectivity index (χ4n) is 5.88. The van der Waals surface area contributed by atoms with Gasteiger partial charge in [-0.3, -0.25) is 19.4 Å². The number of anilines is 1. The lowest BCUT2D eigenvalue weighted by atomic mass is 9.87. The number of ketones is 2. The summed E-state index contributed by atoms with van der Waals surface area (Å²) in [5.74, 6) is 0.227. The van der Waals surface area contributed by atoms with Gasteiger partial charge in [-0.25, -0.2) is 0 Å². The molecule has 1 amide bonds. The number of benzene rings is 2. The molecule has 0 N–H and O–H groups in total. The Morgan fingerprint density at radius 3 is 2.00 bits per heavy atom. The van der Waals surface area contributed by atoms with Gasteiger partial charge in [-0.1, -0.05) is 61.5 Å². The van der Waals surface area contributed by atoms with Gasteiger partial charge in [0.1, 0.15) is 23.7 Å². The van der Waals surface area contributed by atoms with Crippen molar-refractivity contribution >= 4 is 23.2 Å². The van der Waals surface area contributed by atoms with Crippen molar-refractivity contribution < 1.29 is 33.3 Å². The van der Waals surface area contributed by atoms with E-state index < -0.39 is 0 Å². The average molecular weight is 665 g/mol. The number of hydrogen-bond acceptors (Lipinski definition) is 10. The van der Waals surface area contributed by atoms with Crippen LogP contribution < -0.4 is 4.90 Å². The van der Waals surface area contributed by atoms with Crippen LogP contribution in [0.2, 0.25) is 0 Å². The third-order valence-electron chi connectivity index (χ3n) is 8.56. The van der Waals surface area contributed by atoms with Crippen LogP contribution in [0, 0.1) is 5.92 Å². The van der Waals surface area contributed by atoms with Crippen molar-refractivity contribution in [3.63, 3.8) is 0 Å². The highest BCUT2D eigenvalue weighted by molar-refractivity contribution is 5.96. The first-order valence-corrected chi connectivity index (χ1v) is 17.3. The van der Waals surface area contributed by atoms with Gasteiger partial charge in [0.25, 0.3) is 0 Å². The van der Waals surface area contributed by atoms with E-state index in [1.807, 2.05) is 54.1 Å². The topological polar surface area (TPSA) is 119 Å². The van der Waals surface area contributed by atoms with Gasteiger partial charge < -0.3 is 23.8 Å². The van der Waals surface area contributed by atoms with E-state index in [2.05, 4.69) is 42.4 Å². The summed E-state index contributed by atoms with van der Waals surface area (Å²) >= 11 is 0. The highest BCUT2D eigenvalue weighted by Crippen LogP contribution is 2.48. The molecule has 0 fully saturated rings. The van der Waals surface area contributed by atoms with Gasteiger partial charge in [0, 0.05) is 55.5 Å². The average Bonchev–Trinajstić information content (AvgIpc) is 3.52. The number of nitrogens with zero attached hydrogens (tertiary/aromatic N) is 4. The molecule has 262 valence electrons. The Balaban J connectivity index is 1.13. The molecule has 2 aliphatic rings. The zero-order valence-electron chi connectivity index (χ0n) is 29.0. The molecule has 11 heteroatoms. The summed E-state index contributed by atoms with van der Waals surface area (Å²) in [5, 5.41) is 11.3. The summed E-state index contributed by atoms with van der Waals surface area (Å²) in [4.78, 5) is 39.8. The predicted molar refractivity (Wildman–Crippen MR) is 183 cm³/mol. The SMILES string of the molecule is CC(C)C(=O)CCOCCOCCOCCOCCCC(=O)CCC(=O)N1Cc2ccccc2C2N=NN(C(C)C)C2c2ccccc21. The van der Waals surface area contributed by atoms with E-state index in [0.29, 0.717) is 78.7 Å². The highest BCUT2D eigenvalue weighted by Gasteiger charge is 2.41. The molecular formula is C37H52N4O7. The summed E-state index contributed by atoms with van der Waals surface area (Å²) < 4.78 is 22.0. The molecule has 0 saturated carbocycles. The third-order valence-corrected chi connectivity index (χ3v) is 8.56. The van der Waals surface area contributed by atoms with Crippen molar-refractivity contribution in [2.24, 2.45) is 16.3 Å². The van der Waals surface area contributed by atoms with Crippen molar-refractivity contribution in [2.75, 3.05) is 57.8 Å². The second-order valence-corrected chi connectivity index (χ2v) is 12.8. The maximum atomic E-state index is 13.7. The molecule has 0 aromatic heterocycles. The lowest BCUT2D eigenvalue weighted by molar-refractivity contribution is -0.124. The van der Waals surface area contributed by atoms with Crippen LogP contribution in [0.4, 0.5) is 5.69 Å². The molecule has 2 unspecified atom stereocenters. The number of carbonyl (C=O) groups excluding carboxylic acids is 3. The second-order valence-electron chi connectivity index (χ2n) is 12.8. The third kappa shape index (κ3) is 10.7. The number of fused-ring (bicyclic) bond motifs is 5. The molecular weight excluding hydrogens is 612 g/mol. The number of hydrogen-bond donors (Lipinski definition) is 0. The zero-order chi connectivity index (χ0) is 34.3. The normalized spacial score (nSPS) is 16.9. The van der Waals surface area contributed by atoms with Crippen LogP contribution in [0.1, 0.15) is 88.6 Å². The number of carbonyl (C=O) groups is 3. The van der Waals surface area contributed by atoms with E-state index in [1.165, 1.54) is 0 Å². The van der Waals surface area contributed by atoms with Crippen molar-refractivity contribution in [1.29, 1.82) is 0 Å². The molecule has 4 rings (SSSR count). The van der Waals surface area contributed by atoms with Gasteiger partial charge in [-0.15, -0.1) is 0 Å². The van der Waals surface area contributed by atoms with Gasteiger partial charge in [-0.05, 0) is 37.5 Å². The summed E-state index contributed by atoms with van der Waals surface area (Å²) in [5.41, 5.74) is 3.98. The molecule has 0 aliphatic carbocycles. The monoisotopic (exact) mass is 664 g/mol. The first-order valence-electron chi connectivity index (χ1n) is 17.3. The number of para-hydroxylation sites is 1. The summed E-state index contributed by atoms with van der Waals surface area (Å²) in [6.45, 7) is 12.0. The lowest BCUT2D eigenvalue weighted by Gasteiger charge is -2.36. The quantitative estimate of drug-likeness (QED) is 0.144. The predicted octanol–water partition coefficient (Wildman–Crippen LogP) is 6.22. The maximum Gasteiger partial charge on any atom is 0.227 e. The molecule has 0 radical (unpaired) electrons.